The normalized spacial score (nSPS) is 12.5. The van der Waals surface area contributed by atoms with Gasteiger partial charge in [-0.3, -0.25) is 4.79 Å². The molecule has 78 valence electrons. The van der Waals surface area contributed by atoms with Crippen molar-refractivity contribution in [1.29, 1.82) is 0 Å². The van der Waals surface area contributed by atoms with Gasteiger partial charge in [0.2, 0.25) is 0 Å². The summed E-state index contributed by atoms with van der Waals surface area (Å²) >= 11 is 0. The van der Waals surface area contributed by atoms with Gasteiger partial charge in [0.25, 0.3) is 0 Å². The van der Waals surface area contributed by atoms with E-state index < -0.39 is 12.0 Å². The van der Waals surface area contributed by atoms with Gasteiger partial charge in [-0.25, -0.2) is 0 Å². The summed E-state index contributed by atoms with van der Waals surface area (Å²) in [5.41, 5.74) is 5.58. The predicted octanol–water partition coefficient (Wildman–Crippen LogP) is 0.885. The highest BCUT2D eigenvalue weighted by atomic mass is 16.5. The minimum Gasteiger partial charge on any atom is -0.468 e. The van der Waals surface area contributed by atoms with Crippen molar-refractivity contribution in [2.75, 3.05) is 7.11 Å². The number of ether oxygens (including phenoxy) is 1. The Morgan fingerprint density at radius 3 is 2.71 bits per heavy atom. The number of carbonyl (C=O) groups excluding carboxylic acids is 1. The van der Waals surface area contributed by atoms with Crippen LogP contribution in [0.2, 0.25) is 0 Å². The van der Waals surface area contributed by atoms with Gasteiger partial charge in [0.05, 0.1) is 7.11 Å². The molecule has 1 atom stereocenters. The summed E-state index contributed by atoms with van der Waals surface area (Å²) in [5, 5.41) is 0. The van der Waals surface area contributed by atoms with E-state index in [2.05, 4.69) is 4.74 Å². The lowest BCUT2D eigenvalue weighted by molar-refractivity contribution is -0.142. The molecule has 0 radical (unpaired) electrons. The predicted molar refractivity (Wildman–Crippen MR) is 51.8 cm³/mol. The minimum absolute atomic E-state index is 0.382. The van der Waals surface area contributed by atoms with E-state index in [-0.39, 0.29) is 0 Å². The third-order valence-electron chi connectivity index (χ3n) is 1.99. The van der Waals surface area contributed by atoms with Crippen LogP contribution < -0.4 is 5.73 Å². The molecule has 0 aromatic carbocycles. The third-order valence-corrected chi connectivity index (χ3v) is 1.99. The van der Waals surface area contributed by atoms with Crippen molar-refractivity contribution >= 4 is 5.97 Å². The summed E-state index contributed by atoms with van der Waals surface area (Å²) in [6.07, 6.45) is 1.22. The van der Waals surface area contributed by atoms with Gasteiger partial charge in [-0.15, -0.1) is 0 Å². The molecular weight excluding hydrogens is 182 g/mol. The van der Waals surface area contributed by atoms with Crippen molar-refractivity contribution in [3.05, 3.63) is 23.7 Å². The average molecular weight is 197 g/mol. The van der Waals surface area contributed by atoms with Crippen molar-refractivity contribution < 1.29 is 13.9 Å². The zero-order valence-electron chi connectivity index (χ0n) is 8.45. The van der Waals surface area contributed by atoms with E-state index in [1.165, 1.54) is 7.11 Å². The van der Waals surface area contributed by atoms with Crippen molar-refractivity contribution in [1.82, 2.24) is 0 Å². The summed E-state index contributed by atoms with van der Waals surface area (Å²) in [6.45, 7) is 2.00. The number of methoxy groups -OCH3 is 1. The standard InChI is InChI=1S/C10H15NO3/c1-3-7-4-5-8(14-7)6-9(11)10(12)13-2/h4-5,9H,3,6,11H2,1-2H3. The summed E-state index contributed by atoms with van der Waals surface area (Å²) in [5.74, 6) is 1.20. The fourth-order valence-corrected chi connectivity index (χ4v) is 1.17. The summed E-state index contributed by atoms with van der Waals surface area (Å²) in [4.78, 5) is 11.0. The van der Waals surface area contributed by atoms with Crippen LogP contribution in [0.25, 0.3) is 0 Å². The molecular formula is C10H15NO3. The second kappa shape index (κ2) is 4.81. The molecule has 1 unspecified atom stereocenters. The molecule has 0 saturated heterocycles. The first kappa shape index (κ1) is 10.8. The Labute approximate surface area is 83.0 Å². The van der Waals surface area contributed by atoms with Crippen LogP contribution >= 0.6 is 0 Å². The van der Waals surface area contributed by atoms with Gasteiger partial charge < -0.3 is 14.9 Å². The molecule has 0 bridgehead atoms. The molecule has 1 aromatic heterocycles. The molecule has 1 aromatic rings. The lowest BCUT2D eigenvalue weighted by Crippen LogP contribution is -2.33. The molecule has 0 amide bonds. The Morgan fingerprint density at radius 1 is 1.57 bits per heavy atom. The largest absolute Gasteiger partial charge is 0.468 e. The van der Waals surface area contributed by atoms with Gasteiger partial charge >= 0.3 is 5.97 Å². The third kappa shape index (κ3) is 2.60. The highest BCUT2D eigenvalue weighted by Gasteiger charge is 2.15. The maximum absolute atomic E-state index is 11.0. The van der Waals surface area contributed by atoms with Gasteiger partial charge in [0, 0.05) is 12.8 Å². The summed E-state index contributed by atoms with van der Waals surface area (Å²) in [6, 6.07) is 3.08. The Bertz CT molecular complexity index is 306. The monoisotopic (exact) mass is 197 g/mol. The first-order valence-electron chi connectivity index (χ1n) is 4.58. The highest BCUT2D eigenvalue weighted by molar-refractivity contribution is 5.75. The van der Waals surface area contributed by atoms with E-state index in [1.54, 1.807) is 0 Å². The first-order valence-corrected chi connectivity index (χ1v) is 4.58. The first-order chi connectivity index (χ1) is 6.67. The van der Waals surface area contributed by atoms with Crippen molar-refractivity contribution in [2.24, 2.45) is 5.73 Å². The van der Waals surface area contributed by atoms with Crippen LogP contribution in [0, 0.1) is 0 Å². The highest BCUT2D eigenvalue weighted by Crippen LogP contribution is 2.10. The van der Waals surface area contributed by atoms with E-state index >= 15 is 0 Å². The van der Waals surface area contributed by atoms with E-state index in [9.17, 15) is 4.79 Å². The van der Waals surface area contributed by atoms with Gasteiger partial charge in [0.1, 0.15) is 17.6 Å². The molecule has 4 nitrogen and oxygen atoms in total. The SMILES string of the molecule is CCc1ccc(CC(N)C(=O)OC)o1. The molecule has 0 spiro atoms. The molecule has 2 N–H and O–H groups in total. The summed E-state index contributed by atoms with van der Waals surface area (Å²) < 4.78 is 9.92. The molecule has 0 aliphatic carbocycles. The number of esters is 1. The number of furan rings is 1. The second-order valence-electron chi connectivity index (χ2n) is 3.06. The quantitative estimate of drug-likeness (QED) is 0.728. The van der Waals surface area contributed by atoms with E-state index in [0.29, 0.717) is 6.42 Å². The van der Waals surface area contributed by atoms with Crippen LogP contribution in [0.1, 0.15) is 18.4 Å². The minimum atomic E-state index is -0.643. The van der Waals surface area contributed by atoms with Crippen LogP contribution in [-0.4, -0.2) is 19.1 Å². The van der Waals surface area contributed by atoms with Crippen molar-refractivity contribution in [3.63, 3.8) is 0 Å². The van der Waals surface area contributed by atoms with Gasteiger partial charge in [-0.05, 0) is 12.1 Å². The molecule has 0 aliphatic heterocycles. The van der Waals surface area contributed by atoms with Crippen LogP contribution in [-0.2, 0) is 22.4 Å². The van der Waals surface area contributed by atoms with Crippen molar-refractivity contribution in [2.45, 2.75) is 25.8 Å². The molecule has 0 aliphatic rings. The van der Waals surface area contributed by atoms with Gasteiger partial charge in [-0.2, -0.15) is 0 Å². The maximum Gasteiger partial charge on any atom is 0.323 e. The Kier molecular flexibility index (Phi) is 3.71. The number of carbonyl (C=O) groups is 1. The number of rotatable bonds is 4. The van der Waals surface area contributed by atoms with Crippen LogP contribution in [0.4, 0.5) is 0 Å². The number of hydrogen-bond donors (Lipinski definition) is 1. The average Bonchev–Trinajstić information content (AvgIpc) is 2.64. The fourth-order valence-electron chi connectivity index (χ4n) is 1.17. The van der Waals surface area contributed by atoms with Crippen LogP contribution in [0.5, 0.6) is 0 Å². The zero-order chi connectivity index (χ0) is 10.6. The van der Waals surface area contributed by atoms with Crippen molar-refractivity contribution in [3.8, 4) is 0 Å². The van der Waals surface area contributed by atoms with Crippen LogP contribution in [0.15, 0.2) is 16.5 Å². The van der Waals surface area contributed by atoms with E-state index in [4.69, 9.17) is 10.2 Å². The molecule has 1 rings (SSSR count). The molecule has 14 heavy (non-hydrogen) atoms. The zero-order valence-corrected chi connectivity index (χ0v) is 8.45. The Hall–Kier alpha value is -1.29. The molecule has 4 heteroatoms. The summed E-state index contributed by atoms with van der Waals surface area (Å²) in [7, 11) is 1.32. The Morgan fingerprint density at radius 2 is 2.21 bits per heavy atom. The smallest absolute Gasteiger partial charge is 0.323 e. The van der Waals surface area contributed by atoms with Gasteiger partial charge in [-0.1, -0.05) is 6.92 Å². The number of nitrogens with two attached hydrogens (primary N) is 1. The number of aryl methyl sites for hydroxylation is 1. The Balaban J connectivity index is 2.55. The molecule has 0 fully saturated rings. The van der Waals surface area contributed by atoms with E-state index in [1.807, 2.05) is 19.1 Å². The topological polar surface area (TPSA) is 65.5 Å². The van der Waals surface area contributed by atoms with Crippen LogP contribution in [0.3, 0.4) is 0 Å². The molecule has 1 heterocycles. The maximum atomic E-state index is 11.0. The fraction of sp³-hybridized carbons (Fsp3) is 0.500. The van der Waals surface area contributed by atoms with Gasteiger partial charge in [0.15, 0.2) is 0 Å². The van der Waals surface area contributed by atoms with E-state index in [0.717, 1.165) is 17.9 Å². The second-order valence-corrected chi connectivity index (χ2v) is 3.06. The lowest BCUT2D eigenvalue weighted by atomic mass is 10.2. The number of hydrogen-bond acceptors (Lipinski definition) is 4. The molecule has 0 saturated carbocycles. The lowest BCUT2D eigenvalue weighted by Gasteiger charge is -2.06.